The van der Waals surface area contributed by atoms with Crippen molar-refractivity contribution in [3.05, 3.63) is 0 Å². The molecule has 80 valence electrons. The molecule has 0 radical (unpaired) electrons. The maximum atomic E-state index is 11.7. The molecule has 1 atom stereocenters. The summed E-state index contributed by atoms with van der Waals surface area (Å²) in [4.78, 5) is 0. The highest BCUT2D eigenvalue weighted by Gasteiger charge is 2.48. The molecule has 0 aliphatic heterocycles. The summed E-state index contributed by atoms with van der Waals surface area (Å²) in [5.41, 5.74) is -5.34. The number of halogens is 3. The SMILES string of the molecule is CC(C)C(C)OS(=O)(=O)C(F)(F)F. The first kappa shape index (κ1) is 12.7. The van der Waals surface area contributed by atoms with Gasteiger partial charge in [-0.05, 0) is 12.8 Å². The quantitative estimate of drug-likeness (QED) is 0.539. The van der Waals surface area contributed by atoms with Crippen LogP contribution in [0.25, 0.3) is 0 Å². The van der Waals surface area contributed by atoms with Gasteiger partial charge in [0.15, 0.2) is 0 Å². The molecule has 0 aliphatic rings. The fraction of sp³-hybridized carbons (Fsp3) is 1.00. The van der Waals surface area contributed by atoms with E-state index in [1.807, 2.05) is 0 Å². The number of hydrogen-bond donors (Lipinski definition) is 0. The second-order valence-electron chi connectivity index (χ2n) is 2.95. The van der Waals surface area contributed by atoms with Gasteiger partial charge in [0.2, 0.25) is 0 Å². The van der Waals surface area contributed by atoms with Gasteiger partial charge < -0.3 is 0 Å². The third-order valence-corrected chi connectivity index (χ3v) is 2.62. The summed E-state index contributed by atoms with van der Waals surface area (Å²) >= 11 is 0. The molecular formula is C6H11F3O3S. The van der Waals surface area contributed by atoms with Crippen molar-refractivity contribution >= 4 is 10.1 Å². The minimum Gasteiger partial charge on any atom is -0.260 e. The monoisotopic (exact) mass is 220 g/mol. The molecule has 0 heterocycles. The Hall–Kier alpha value is -0.300. The normalized spacial score (nSPS) is 16.2. The largest absolute Gasteiger partial charge is 0.523 e. The third kappa shape index (κ3) is 3.51. The zero-order valence-electron chi connectivity index (χ0n) is 7.42. The van der Waals surface area contributed by atoms with E-state index in [1.165, 1.54) is 6.92 Å². The van der Waals surface area contributed by atoms with Crippen molar-refractivity contribution in [1.29, 1.82) is 0 Å². The second kappa shape index (κ2) is 3.83. The second-order valence-corrected chi connectivity index (χ2v) is 4.51. The van der Waals surface area contributed by atoms with Crippen LogP contribution in [0.4, 0.5) is 13.2 Å². The molecule has 0 fully saturated rings. The minimum atomic E-state index is -5.44. The lowest BCUT2D eigenvalue weighted by molar-refractivity contribution is -0.0581. The summed E-state index contributed by atoms with van der Waals surface area (Å²) in [5, 5.41) is 0. The van der Waals surface area contributed by atoms with Crippen LogP contribution in [-0.4, -0.2) is 20.0 Å². The Balaban J connectivity index is 4.55. The minimum absolute atomic E-state index is 0.294. The fourth-order valence-electron chi connectivity index (χ4n) is 0.365. The predicted molar refractivity (Wildman–Crippen MR) is 40.4 cm³/mol. The van der Waals surface area contributed by atoms with Crippen molar-refractivity contribution in [1.82, 2.24) is 0 Å². The summed E-state index contributed by atoms with van der Waals surface area (Å²) in [6.07, 6.45) is -0.980. The van der Waals surface area contributed by atoms with Gasteiger partial charge in [0.05, 0.1) is 6.10 Å². The molecule has 0 aromatic rings. The van der Waals surface area contributed by atoms with E-state index in [0.29, 0.717) is 0 Å². The van der Waals surface area contributed by atoms with Crippen molar-refractivity contribution in [2.75, 3.05) is 0 Å². The summed E-state index contributed by atoms with van der Waals surface area (Å²) in [6.45, 7) is 4.40. The van der Waals surface area contributed by atoms with Crippen LogP contribution in [0.15, 0.2) is 0 Å². The smallest absolute Gasteiger partial charge is 0.260 e. The molecule has 0 aromatic heterocycles. The molecular weight excluding hydrogens is 209 g/mol. The molecule has 0 aromatic carbocycles. The maximum Gasteiger partial charge on any atom is 0.523 e. The number of alkyl halides is 3. The van der Waals surface area contributed by atoms with Gasteiger partial charge >= 0.3 is 15.6 Å². The lowest BCUT2D eigenvalue weighted by Gasteiger charge is -2.16. The average Bonchev–Trinajstić information content (AvgIpc) is 1.83. The van der Waals surface area contributed by atoms with Gasteiger partial charge in [0.25, 0.3) is 0 Å². The number of rotatable bonds is 3. The fourth-order valence-corrected chi connectivity index (χ4v) is 1.10. The Morgan fingerprint density at radius 2 is 1.54 bits per heavy atom. The van der Waals surface area contributed by atoms with Gasteiger partial charge in [-0.15, -0.1) is 0 Å². The first-order chi connectivity index (χ1) is 5.58. The van der Waals surface area contributed by atoms with Crippen molar-refractivity contribution in [3.63, 3.8) is 0 Å². The highest BCUT2D eigenvalue weighted by Crippen LogP contribution is 2.26. The van der Waals surface area contributed by atoms with E-state index in [4.69, 9.17) is 0 Å². The molecule has 13 heavy (non-hydrogen) atoms. The van der Waals surface area contributed by atoms with Gasteiger partial charge in [-0.2, -0.15) is 21.6 Å². The van der Waals surface area contributed by atoms with Crippen LogP contribution in [-0.2, 0) is 14.3 Å². The molecule has 0 amide bonds. The van der Waals surface area contributed by atoms with Crippen LogP contribution in [0.3, 0.4) is 0 Å². The van der Waals surface area contributed by atoms with Crippen molar-refractivity contribution < 1.29 is 25.8 Å². The predicted octanol–water partition coefficient (Wildman–Crippen LogP) is 1.90. The van der Waals surface area contributed by atoms with E-state index in [-0.39, 0.29) is 5.92 Å². The molecule has 0 spiro atoms. The van der Waals surface area contributed by atoms with Crippen LogP contribution < -0.4 is 0 Å². The third-order valence-electron chi connectivity index (χ3n) is 1.50. The first-order valence-corrected chi connectivity index (χ1v) is 4.98. The van der Waals surface area contributed by atoms with Crippen LogP contribution in [0.2, 0.25) is 0 Å². The Labute approximate surface area is 75.0 Å². The van der Waals surface area contributed by atoms with E-state index >= 15 is 0 Å². The van der Waals surface area contributed by atoms with Crippen LogP contribution in [0.1, 0.15) is 20.8 Å². The average molecular weight is 220 g/mol. The topological polar surface area (TPSA) is 43.4 Å². The molecule has 0 saturated carbocycles. The highest BCUT2D eigenvalue weighted by atomic mass is 32.2. The molecule has 3 nitrogen and oxygen atoms in total. The summed E-state index contributed by atoms with van der Waals surface area (Å²) in [7, 11) is -5.44. The lowest BCUT2D eigenvalue weighted by Crippen LogP contribution is -2.30. The van der Waals surface area contributed by atoms with Crippen LogP contribution >= 0.6 is 0 Å². The summed E-state index contributed by atoms with van der Waals surface area (Å²) < 4.78 is 60.0. The van der Waals surface area contributed by atoms with E-state index in [2.05, 4.69) is 4.18 Å². The van der Waals surface area contributed by atoms with E-state index in [1.54, 1.807) is 13.8 Å². The lowest BCUT2D eigenvalue weighted by atomic mass is 10.1. The van der Waals surface area contributed by atoms with E-state index in [9.17, 15) is 21.6 Å². The van der Waals surface area contributed by atoms with Crippen molar-refractivity contribution in [2.24, 2.45) is 5.92 Å². The van der Waals surface area contributed by atoms with Crippen LogP contribution in [0, 0.1) is 5.92 Å². The molecule has 0 saturated heterocycles. The van der Waals surface area contributed by atoms with E-state index < -0.39 is 21.7 Å². The summed E-state index contributed by atoms with van der Waals surface area (Å²) in [5.74, 6) is -0.294. The molecule has 0 aliphatic carbocycles. The highest BCUT2D eigenvalue weighted by molar-refractivity contribution is 7.87. The Morgan fingerprint density at radius 3 is 1.77 bits per heavy atom. The Kier molecular flexibility index (Phi) is 3.74. The van der Waals surface area contributed by atoms with Crippen LogP contribution in [0.5, 0.6) is 0 Å². The molecule has 0 N–H and O–H groups in total. The standard InChI is InChI=1S/C6H11F3O3S/c1-4(2)5(3)12-13(10,11)6(7,8)9/h4-5H,1-3H3. The van der Waals surface area contributed by atoms with E-state index in [0.717, 1.165) is 0 Å². The summed E-state index contributed by atoms with van der Waals surface area (Å²) in [6, 6.07) is 0. The first-order valence-electron chi connectivity index (χ1n) is 3.57. The zero-order chi connectivity index (χ0) is 10.9. The molecule has 0 bridgehead atoms. The van der Waals surface area contributed by atoms with Crippen molar-refractivity contribution in [2.45, 2.75) is 32.4 Å². The van der Waals surface area contributed by atoms with Gasteiger partial charge in [-0.3, -0.25) is 4.18 Å². The number of hydrogen-bond acceptors (Lipinski definition) is 3. The zero-order valence-corrected chi connectivity index (χ0v) is 8.24. The Morgan fingerprint density at radius 1 is 1.15 bits per heavy atom. The van der Waals surface area contributed by atoms with Gasteiger partial charge in [0.1, 0.15) is 0 Å². The molecule has 7 heteroatoms. The van der Waals surface area contributed by atoms with Gasteiger partial charge in [-0.25, -0.2) is 0 Å². The Bertz CT molecular complexity index is 255. The van der Waals surface area contributed by atoms with Crippen molar-refractivity contribution in [3.8, 4) is 0 Å². The molecule has 0 rings (SSSR count). The maximum absolute atomic E-state index is 11.7. The van der Waals surface area contributed by atoms with Gasteiger partial charge in [-0.1, -0.05) is 13.8 Å². The van der Waals surface area contributed by atoms with Gasteiger partial charge in [0, 0.05) is 0 Å². The molecule has 1 unspecified atom stereocenters.